The molecule has 4 nitrogen and oxygen atoms in total. The summed E-state index contributed by atoms with van der Waals surface area (Å²) in [6.45, 7) is 6.45. The number of aliphatic hydroxyl groups excluding tert-OH is 1. The van der Waals surface area contributed by atoms with E-state index in [2.05, 4.69) is 0 Å². The molecule has 0 radical (unpaired) electrons. The van der Waals surface area contributed by atoms with Crippen molar-refractivity contribution in [3.05, 3.63) is 0 Å². The number of carbonyl (C=O) groups is 1. The average molecular weight is 233 g/mol. The molecule has 0 saturated carbocycles. The van der Waals surface area contributed by atoms with Crippen molar-refractivity contribution in [2.24, 2.45) is 0 Å². The van der Waals surface area contributed by atoms with Gasteiger partial charge in [-0.3, -0.25) is 0 Å². The van der Waals surface area contributed by atoms with Gasteiger partial charge in [-0.25, -0.2) is 4.79 Å². The predicted octanol–water partition coefficient (Wildman–Crippen LogP) is 1.33. The van der Waals surface area contributed by atoms with E-state index in [9.17, 15) is 9.90 Å². The van der Waals surface area contributed by atoms with E-state index >= 15 is 0 Å². The number of rotatable bonds is 1. The number of thioether (sulfide) groups is 1. The Kier molecular flexibility index (Phi) is 3.89. The first kappa shape index (κ1) is 12.6. The Morgan fingerprint density at radius 3 is 2.47 bits per heavy atom. The van der Waals surface area contributed by atoms with Gasteiger partial charge in [0.25, 0.3) is 0 Å². The third kappa shape index (κ3) is 3.57. The van der Waals surface area contributed by atoms with Gasteiger partial charge in [0, 0.05) is 11.8 Å². The van der Waals surface area contributed by atoms with Crippen LogP contribution in [0.5, 0.6) is 0 Å². The summed E-state index contributed by atoms with van der Waals surface area (Å²) in [5, 5.41) is 9.75. The molecule has 0 bridgehead atoms. The quantitative estimate of drug-likeness (QED) is 0.742. The zero-order valence-corrected chi connectivity index (χ0v) is 10.5. The van der Waals surface area contributed by atoms with Crippen LogP contribution in [0.15, 0.2) is 0 Å². The highest BCUT2D eigenvalue weighted by Crippen LogP contribution is 2.22. The van der Waals surface area contributed by atoms with Gasteiger partial charge in [0.1, 0.15) is 5.60 Å². The first-order valence-corrected chi connectivity index (χ1v) is 6.31. The molecule has 0 aromatic rings. The molecule has 1 heterocycles. The summed E-state index contributed by atoms with van der Waals surface area (Å²) in [6, 6.07) is 0. The highest BCUT2D eigenvalue weighted by molar-refractivity contribution is 7.99. The lowest BCUT2D eigenvalue weighted by Crippen LogP contribution is -2.35. The molecule has 5 heteroatoms. The van der Waals surface area contributed by atoms with E-state index in [0.717, 1.165) is 0 Å². The number of hydrogen-bond acceptors (Lipinski definition) is 4. The van der Waals surface area contributed by atoms with Crippen molar-refractivity contribution in [3.63, 3.8) is 0 Å². The van der Waals surface area contributed by atoms with Crippen LogP contribution in [0.3, 0.4) is 0 Å². The number of nitrogens with zero attached hydrogens (tertiary/aromatic N) is 1. The van der Waals surface area contributed by atoms with Gasteiger partial charge in [-0.2, -0.15) is 11.8 Å². The van der Waals surface area contributed by atoms with Crippen LogP contribution in [0, 0.1) is 0 Å². The van der Waals surface area contributed by atoms with Crippen molar-refractivity contribution in [1.29, 1.82) is 0 Å². The first-order chi connectivity index (χ1) is 6.83. The molecule has 1 N–H and O–H groups in total. The molecule has 88 valence electrons. The van der Waals surface area contributed by atoms with Gasteiger partial charge in [0.05, 0.1) is 12.6 Å². The normalized spacial score (nSPS) is 26.9. The number of β-amino-alcohol motifs (C(OH)–C–C–N with tert-alkyl or cyclic N) is 1. The van der Waals surface area contributed by atoms with Gasteiger partial charge < -0.3 is 14.7 Å². The van der Waals surface area contributed by atoms with Crippen LogP contribution in [0.1, 0.15) is 20.8 Å². The summed E-state index contributed by atoms with van der Waals surface area (Å²) in [4.78, 5) is 13.2. The Balaban J connectivity index is 2.50. The monoisotopic (exact) mass is 233 g/mol. The van der Waals surface area contributed by atoms with E-state index in [1.165, 1.54) is 0 Å². The summed E-state index contributed by atoms with van der Waals surface area (Å²) in [5.74, 6) is 0. The fourth-order valence-corrected chi connectivity index (χ4v) is 2.19. The second-order valence-electron chi connectivity index (χ2n) is 4.73. The molecule has 0 spiro atoms. The lowest BCUT2D eigenvalue weighted by Gasteiger charge is -2.24. The van der Waals surface area contributed by atoms with Crippen LogP contribution in [0.25, 0.3) is 0 Å². The fourth-order valence-electron chi connectivity index (χ4n) is 1.46. The van der Waals surface area contributed by atoms with Crippen LogP contribution in [-0.4, -0.2) is 52.4 Å². The summed E-state index contributed by atoms with van der Waals surface area (Å²) < 4.78 is 5.23. The number of ether oxygens (including phenoxy) is 1. The Morgan fingerprint density at radius 2 is 2.07 bits per heavy atom. The molecular weight excluding hydrogens is 214 g/mol. The zero-order valence-electron chi connectivity index (χ0n) is 9.69. The van der Waals surface area contributed by atoms with Crippen molar-refractivity contribution in [2.45, 2.75) is 37.7 Å². The first-order valence-electron chi connectivity index (χ1n) is 5.02. The summed E-state index contributed by atoms with van der Waals surface area (Å²) >= 11 is 1.58. The second kappa shape index (κ2) is 4.61. The van der Waals surface area contributed by atoms with Gasteiger partial charge in [-0.1, -0.05) is 0 Å². The van der Waals surface area contributed by atoms with E-state index in [0.29, 0.717) is 13.1 Å². The molecular formula is C10H19NO3S. The average Bonchev–Trinajstić information content (AvgIpc) is 2.43. The van der Waals surface area contributed by atoms with Crippen LogP contribution in [0.4, 0.5) is 4.79 Å². The minimum atomic E-state index is -0.473. The van der Waals surface area contributed by atoms with Gasteiger partial charge >= 0.3 is 6.09 Å². The van der Waals surface area contributed by atoms with Crippen LogP contribution in [-0.2, 0) is 4.74 Å². The van der Waals surface area contributed by atoms with Crippen molar-refractivity contribution in [1.82, 2.24) is 4.90 Å². The largest absolute Gasteiger partial charge is 0.444 e. The molecule has 15 heavy (non-hydrogen) atoms. The standard InChI is InChI=1S/C10H19NO3S/c1-10(2,3)14-9(13)11-5-7(12)8(6-11)15-4/h7-8,12H,5-6H2,1-4H3/t7-,8-/m1/s1. The maximum absolute atomic E-state index is 11.7. The van der Waals surface area contributed by atoms with Gasteiger partial charge in [-0.15, -0.1) is 0 Å². The molecule has 0 unspecified atom stereocenters. The fraction of sp³-hybridized carbons (Fsp3) is 0.900. The Hall–Kier alpha value is -0.420. The van der Waals surface area contributed by atoms with Crippen LogP contribution in [0.2, 0.25) is 0 Å². The molecule has 0 aliphatic carbocycles. The molecule has 1 fully saturated rings. The molecule has 1 aliphatic heterocycles. The smallest absolute Gasteiger partial charge is 0.410 e. The van der Waals surface area contributed by atoms with E-state index < -0.39 is 11.7 Å². The number of carbonyl (C=O) groups excluding carboxylic acids is 1. The lowest BCUT2D eigenvalue weighted by atomic mass is 10.2. The van der Waals surface area contributed by atoms with E-state index in [1.54, 1.807) is 16.7 Å². The lowest BCUT2D eigenvalue weighted by molar-refractivity contribution is 0.0270. The minimum Gasteiger partial charge on any atom is -0.444 e. The SMILES string of the molecule is CS[C@@H]1CN(C(=O)OC(C)(C)C)C[C@H]1O. The molecule has 1 rings (SSSR count). The van der Waals surface area contributed by atoms with Crippen LogP contribution < -0.4 is 0 Å². The van der Waals surface area contributed by atoms with Gasteiger partial charge in [-0.05, 0) is 27.0 Å². The second-order valence-corrected chi connectivity index (χ2v) is 5.80. The molecule has 1 amide bonds. The highest BCUT2D eigenvalue weighted by atomic mass is 32.2. The summed E-state index contributed by atoms with van der Waals surface area (Å²) in [6.07, 6.45) is 1.16. The number of aliphatic hydroxyl groups is 1. The van der Waals surface area contributed by atoms with E-state index in [4.69, 9.17) is 4.74 Å². The molecule has 0 aromatic carbocycles. The van der Waals surface area contributed by atoms with Crippen LogP contribution >= 0.6 is 11.8 Å². The summed E-state index contributed by atoms with van der Waals surface area (Å²) in [5.41, 5.74) is -0.473. The van der Waals surface area contributed by atoms with Crippen molar-refractivity contribution in [2.75, 3.05) is 19.3 Å². The van der Waals surface area contributed by atoms with E-state index in [1.807, 2.05) is 27.0 Å². The van der Waals surface area contributed by atoms with E-state index in [-0.39, 0.29) is 11.3 Å². The van der Waals surface area contributed by atoms with Gasteiger partial charge in [0.2, 0.25) is 0 Å². The zero-order chi connectivity index (χ0) is 11.6. The third-order valence-electron chi connectivity index (χ3n) is 2.19. The molecule has 1 aliphatic rings. The number of likely N-dealkylation sites (tertiary alicyclic amines) is 1. The molecule has 0 aromatic heterocycles. The van der Waals surface area contributed by atoms with Crippen molar-refractivity contribution in [3.8, 4) is 0 Å². The minimum absolute atomic E-state index is 0.109. The van der Waals surface area contributed by atoms with Crippen molar-refractivity contribution < 1.29 is 14.6 Å². The topological polar surface area (TPSA) is 49.8 Å². The maximum Gasteiger partial charge on any atom is 0.410 e. The van der Waals surface area contributed by atoms with Crippen molar-refractivity contribution >= 4 is 17.9 Å². The molecule has 1 saturated heterocycles. The maximum atomic E-state index is 11.7. The Bertz CT molecular complexity index is 239. The Labute approximate surface area is 95.0 Å². The Morgan fingerprint density at radius 1 is 1.47 bits per heavy atom. The highest BCUT2D eigenvalue weighted by Gasteiger charge is 2.35. The third-order valence-corrected chi connectivity index (χ3v) is 3.26. The predicted molar refractivity (Wildman–Crippen MR) is 61.1 cm³/mol. The molecule has 2 atom stereocenters. The number of hydrogen-bond donors (Lipinski definition) is 1. The van der Waals surface area contributed by atoms with Gasteiger partial charge in [0.15, 0.2) is 0 Å². The summed E-state index contributed by atoms with van der Waals surface area (Å²) in [7, 11) is 0. The number of amides is 1.